The number of unbranched alkanes of at least 4 members (excludes halogenated alkanes) is 1. The molecule has 0 fully saturated rings. The van der Waals surface area contributed by atoms with E-state index in [1.54, 1.807) is 6.20 Å². The van der Waals surface area contributed by atoms with Gasteiger partial charge in [-0.15, -0.1) is 0 Å². The maximum Gasteiger partial charge on any atom is 0.157 e. The molecule has 0 aliphatic rings. The van der Waals surface area contributed by atoms with Crippen molar-refractivity contribution in [3.63, 3.8) is 0 Å². The van der Waals surface area contributed by atoms with Crippen LogP contribution in [0.3, 0.4) is 0 Å². The van der Waals surface area contributed by atoms with E-state index in [1.165, 1.54) is 12.8 Å². The molecular weight excluding hydrogens is 190 g/mol. The van der Waals surface area contributed by atoms with Crippen LogP contribution in [0.4, 0.5) is 0 Å². The number of aryl methyl sites for hydroxylation is 1. The Kier molecular flexibility index (Phi) is 5.85. The van der Waals surface area contributed by atoms with Crippen LogP contribution in [0.2, 0.25) is 0 Å². The summed E-state index contributed by atoms with van der Waals surface area (Å²) in [7, 11) is 0. The number of rotatable bonds is 8. The van der Waals surface area contributed by atoms with Crippen molar-refractivity contribution in [1.82, 2.24) is 15.1 Å². The van der Waals surface area contributed by atoms with Gasteiger partial charge in [0.1, 0.15) is 6.61 Å². The van der Waals surface area contributed by atoms with E-state index in [4.69, 9.17) is 4.74 Å². The minimum atomic E-state index is 0.707. The topological polar surface area (TPSA) is 39.1 Å². The molecule has 0 spiro atoms. The minimum absolute atomic E-state index is 0.707. The predicted octanol–water partition coefficient (Wildman–Crippen LogP) is 1.67. The molecule has 1 rings (SSSR count). The van der Waals surface area contributed by atoms with Crippen molar-refractivity contribution < 1.29 is 4.74 Å². The quantitative estimate of drug-likeness (QED) is 0.665. The van der Waals surface area contributed by atoms with Crippen LogP contribution in [0.15, 0.2) is 12.4 Å². The molecule has 1 aromatic rings. The van der Waals surface area contributed by atoms with Crippen LogP contribution >= 0.6 is 0 Å². The molecule has 0 unspecified atom stereocenters. The third-order valence-corrected chi connectivity index (χ3v) is 2.19. The van der Waals surface area contributed by atoms with Crippen molar-refractivity contribution in [2.75, 3.05) is 19.7 Å². The maximum atomic E-state index is 5.52. The Morgan fingerprint density at radius 2 is 2.27 bits per heavy atom. The highest BCUT2D eigenvalue weighted by Gasteiger charge is 1.96. The summed E-state index contributed by atoms with van der Waals surface area (Å²) in [5.74, 6) is 0.856. The molecule has 4 heteroatoms. The average molecular weight is 211 g/mol. The van der Waals surface area contributed by atoms with Crippen molar-refractivity contribution in [2.24, 2.45) is 0 Å². The summed E-state index contributed by atoms with van der Waals surface area (Å²) >= 11 is 0. The zero-order chi connectivity index (χ0) is 10.9. The standard InChI is InChI=1S/C11H21N3O/c1-3-5-6-12-7-8-15-11-9-13-14(4-2)10-11/h9-10,12H,3-8H2,1-2H3. The van der Waals surface area contributed by atoms with Crippen LogP contribution in [-0.2, 0) is 6.54 Å². The summed E-state index contributed by atoms with van der Waals surface area (Å²) in [5.41, 5.74) is 0. The van der Waals surface area contributed by atoms with Gasteiger partial charge in [-0.3, -0.25) is 4.68 Å². The average Bonchev–Trinajstić information content (AvgIpc) is 2.71. The Morgan fingerprint density at radius 1 is 1.40 bits per heavy atom. The van der Waals surface area contributed by atoms with Gasteiger partial charge in [0.25, 0.3) is 0 Å². The second-order valence-corrected chi connectivity index (χ2v) is 3.48. The minimum Gasteiger partial charge on any atom is -0.489 e. The molecule has 0 bridgehead atoms. The highest BCUT2D eigenvalue weighted by molar-refractivity contribution is 5.11. The van der Waals surface area contributed by atoms with Crippen LogP contribution in [-0.4, -0.2) is 29.5 Å². The Bertz CT molecular complexity index is 260. The lowest BCUT2D eigenvalue weighted by Gasteiger charge is -2.04. The largest absolute Gasteiger partial charge is 0.489 e. The number of aromatic nitrogens is 2. The van der Waals surface area contributed by atoms with E-state index < -0.39 is 0 Å². The van der Waals surface area contributed by atoms with Crippen molar-refractivity contribution in [2.45, 2.75) is 33.2 Å². The van der Waals surface area contributed by atoms with Crippen LogP contribution in [0, 0.1) is 0 Å². The van der Waals surface area contributed by atoms with Crippen molar-refractivity contribution in [3.05, 3.63) is 12.4 Å². The van der Waals surface area contributed by atoms with Crippen LogP contribution in [0.25, 0.3) is 0 Å². The normalized spacial score (nSPS) is 10.5. The van der Waals surface area contributed by atoms with Crippen molar-refractivity contribution in [1.29, 1.82) is 0 Å². The number of hydrogen-bond donors (Lipinski definition) is 1. The van der Waals surface area contributed by atoms with Gasteiger partial charge in [0.15, 0.2) is 5.75 Å². The van der Waals surface area contributed by atoms with Gasteiger partial charge in [-0.2, -0.15) is 5.10 Å². The van der Waals surface area contributed by atoms with Crippen molar-refractivity contribution >= 4 is 0 Å². The first kappa shape index (κ1) is 12.0. The summed E-state index contributed by atoms with van der Waals surface area (Å²) in [6.45, 7) is 7.82. The predicted molar refractivity (Wildman–Crippen MR) is 61.2 cm³/mol. The van der Waals surface area contributed by atoms with Gasteiger partial charge in [0.05, 0.1) is 12.4 Å². The molecular formula is C11H21N3O. The SMILES string of the molecule is CCCCNCCOc1cnn(CC)c1. The first-order chi connectivity index (χ1) is 7.36. The van der Waals surface area contributed by atoms with Gasteiger partial charge in [-0.05, 0) is 19.9 Å². The zero-order valence-corrected chi connectivity index (χ0v) is 9.70. The van der Waals surface area contributed by atoms with Gasteiger partial charge < -0.3 is 10.1 Å². The lowest BCUT2D eigenvalue weighted by Crippen LogP contribution is -2.21. The Balaban J connectivity index is 2.04. The molecule has 1 N–H and O–H groups in total. The van der Waals surface area contributed by atoms with Gasteiger partial charge in [0.2, 0.25) is 0 Å². The molecule has 0 aliphatic heterocycles. The lowest BCUT2D eigenvalue weighted by molar-refractivity contribution is 0.313. The molecule has 86 valence electrons. The van der Waals surface area contributed by atoms with E-state index in [0.29, 0.717) is 6.61 Å². The van der Waals surface area contributed by atoms with Gasteiger partial charge in [0, 0.05) is 13.1 Å². The Morgan fingerprint density at radius 3 is 2.93 bits per heavy atom. The number of nitrogens with zero attached hydrogens (tertiary/aromatic N) is 2. The van der Waals surface area contributed by atoms with Crippen molar-refractivity contribution in [3.8, 4) is 5.75 Å². The molecule has 0 saturated carbocycles. The first-order valence-corrected chi connectivity index (χ1v) is 5.72. The molecule has 0 saturated heterocycles. The molecule has 4 nitrogen and oxygen atoms in total. The fourth-order valence-corrected chi connectivity index (χ4v) is 1.26. The first-order valence-electron chi connectivity index (χ1n) is 5.72. The smallest absolute Gasteiger partial charge is 0.157 e. The highest BCUT2D eigenvalue weighted by atomic mass is 16.5. The van der Waals surface area contributed by atoms with Gasteiger partial charge in [-0.1, -0.05) is 13.3 Å². The monoisotopic (exact) mass is 211 g/mol. The summed E-state index contributed by atoms with van der Waals surface area (Å²) in [6, 6.07) is 0. The van der Waals surface area contributed by atoms with Gasteiger partial charge >= 0.3 is 0 Å². The Hall–Kier alpha value is -1.03. The summed E-state index contributed by atoms with van der Waals surface area (Å²) < 4.78 is 7.38. The Labute approximate surface area is 91.6 Å². The molecule has 1 heterocycles. The van der Waals surface area contributed by atoms with Crippen LogP contribution in [0.5, 0.6) is 5.75 Å². The molecule has 0 aliphatic carbocycles. The van der Waals surface area contributed by atoms with Crippen LogP contribution < -0.4 is 10.1 Å². The second kappa shape index (κ2) is 7.29. The molecule has 15 heavy (non-hydrogen) atoms. The number of hydrogen-bond acceptors (Lipinski definition) is 3. The van der Waals surface area contributed by atoms with E-state index in [1.807, 2.05) is 10.9 Å². The number of nitrogens with one attached hydrogen (secondary N) is 1. The summed E-state index contributed by atoms with van der Waals surface area (Å²) in [6.07, 6.45) is 6.15. The zero-order valence-electron chi connectivity index (χ0n) is 9.70. The summed E-state index contributed by atoms with van der Waals surface area (Å²) in [4.78, 5) is 0. The van der Waals surface area contributed by atoms with E-state index in [2.05, 4.69) is 24.3 Å². The molecule has 0 atom stereocenters. The lowest BCUT2D eigenvalue weighted by atomic mass is 10.3. The van der Waals surface area contributed by atoms with E-state index >= 15 is 0 Å². The molecule has 1 aromatic heterocycles. The number of ether oxygens (including phenoxy) is 1. The fourth-order valence-electron chi connectivity index (χ4n) is 1.26. The third kappa shape index (κ3) is 4.83. The molecule has 0 aromatic carbocycles. The van der Waals surface area contributed by atoms with Gasteiger partial charge in [-0.25, -0.2) is 0 Å². The summed E-state index contributed by atoms with van der Waals surface area (Å²) in [5, 5.41) is 7.46. The van der Waals surface area contributed by atoms with Crippen LogP contribution in [0.1, 0.15) is 26.7 Å². The highest BCUT2D eigenvalue weighted by Crippen LogP contribution is 2.06. The third-order valence-electron chi connectivity index (χ3n) is 2.19. The van der Waals surface area contributed by atoms with E-state index in [0.717, 1.165) is 25.4 Å². The maximum absolute atomic E-state index is 5.52. The van der Waals surface area contributed by atoms with E-state index in [9.17, 15) is 0 Å². The van der Waals surface area contributed by atoms with E-state index in [-0.39, 0.29) is 0 Å². The fraction of sp³-hybridized carbons (Fsp3) is 0.727. The molecule has 0 amide bonds. The second-order valence-electron chi connectivity index (χ2n) is 3.48. The molecule has 0 radical (unpaired) electrons.